The Bertz CT molecular complexity index is 333. The first kappa shape index (κ1) is 14.8. The molecule has 0 aromatic heterocycles. The van der Waals surface area contributed by atoms with Crippen LogP contribution in [0.15, 0.2) is 0 Å². The van der Waals surface area contributed by atoms with Gasteiger partial charge in [-0.25, -0.2) is 0 Å². The monoisotopic (exact) mass is 269 g/mol. The Morgan fingerprint density at radius 3 is 2.89 bits per heavy atom. The molecule has 2 aliphatic heterocycles. The van der Waals surface area contributed by atoms with Crippen molar-refractivity contribution >= 4 is 5.97 Å². The molecule has 0 aromatic carbocycles. The lowest BCUT2D eigenvalue weighted by Crippen LogP contribution is -2.55. The summed E-state index contributed by atoms with van der Waals surface area (Å²) in [6.07, 6.45) is 4.04. The van der Waals surface area contributed by atoms with Crippen LogP contribution in [-0.4, -0.2) is 64.7 Å². The molecule has 0 radical (unpaired) electrons. The first-order valence-corrected chi connectivity index (χ1v) is 7.40. The van der Waals surface area contributed by atoms with Gasteiger partial charge in [0.25, 0.3) is 0 Å². The minimum absolute atomic E-state index is 0.542. The molecule has 2 aliphatic rings. The SMILES string of the molecule is CC1CN2CCCC2CN1CCCC(C)(N)C(=O)O. The fourth-order valence-corrected chi connectivity index (χ4v) is 3.32. The van der Waals surface area contributed by atoms with E-state index in [-0.39, 0.29) is 0 Å². The molecule has 19 heavy (non-hydrogen) atoms. The second-order valence-electron chi connectivity index (χ2n) is 6.46. The van der Waals surface area contributed by atoms with E-state index >= 15 is 0 Å². The average molecular weight is 269 g/mol. The molecule has 3 N–H and O–H groups in total. The van der Waals surface area contributed by atoms with Crippen molar-refractivity contribution in [3.8, 4) is 0 Å². The maximum absolute atomic E-state index is 11.0. The van der Waals surface area contributed by atoms with Crippen LogP contribution in [0.3, 0.4) is 0 Å². The van der Waals surface area contributed by atoms with Crippen molar-refractivity contribution < 1.29 is 9.90 Å². The van der Waals surface area contributed by atoms with Crippen molar-refractivity contribution in [1.82, 2.24) is 9.80 Å². The highest BCUT2D eigenvalue weighted by molar-refractivity contribution is 5.77. The van der Waals surface area contributed by atoms with Gasteiger partial charge in [0.15, 0.2) is 0 Å². The molecule has 2 saturated heterocycles. The van der Waals surface area contributed by atoms with E-state index in [1.54, 1.807) is 6.92 Å². The van der Waals surface area contributed by atoms with E-state index in [1.165, 1.54) is 19.4 Å². The largest absolute Gasteiger partial charge is 0.480 e. The Kier molecular flexibility index (Phi) is 4.48. The molecular formula is C14H27N3O2. The van der Waals surface area contributed by atoms with E-state index in [4.69, 9.17) is 10.8 Å². The number of carboxylic acid groups (broad SMARTS) is 1. The number of carboxylic acids is 1. The molecule has 0 amide bonds. The summed E-state index contributed by atoms with van der Waals surface area (Å²) in [7, 11) is 0. The molecule has 5 nitrogen and oxygen atoms in total. The van der Waals surface area contributed by atoms with Gasteiger partial charge in [0.1, 0.15) is 5.54 Å². The molecule has 3 atom stereocenters. The van der Waals surface area contributed by atoms with Crippen LogP contribution in [0.1, 0.15) is 39.5 Å². The highest BCUT2D eigenvalue weighted by atomic mass is 16.4. The number of rotatable bonds is 5. The summed E-state index contributed by atoms with van der Waals surface area (Å²) in [5.41, 5.74) is 4.68. The zero-order valence-corrected chi connectivity index (χ0v) is 12.1. The summed E-state index contributed by atoms with van der Waals surface area (Å²) < 4.78 is 0. The van der Waals surface area contributed by atoms with Crippen molar-refractivity contribution in [3.05, 3.63) is 0 Å². The number of aliphatic carboxylic acids is 1. The lowest BCUT2D eigenvalue weighted by molar-refractivity contribution is -0.143. The molecule has 0 bridgehead atoms. The number of nitrogens with zero attached hydrogens (tertiary/aromatic N) is 2. The molecule has 3 unspecified atom stereocenters. The van der Waals surface area contributed by atoms with Gasteiger partial charge in [0.05, 0.1) is 0 Å². The number of piperazine rings is 1. The molecule has 0 aromatic rings. The Labute approximate surface area is 115 Å². The fraction of sp³-hybridized carbons (Fsp3) is 0.929. The molecule has 5 heteroatoms. The molecule has 2 fully saturated rings. The van der Waals surface area contributed by atoms with E-state index < -0.39 is 11.5 Å². The smallest absolute Gasteiger partial charge is 0.323 e. The molecular weight excluding hydrogens is 242 g/mol. The molecule has 0 aliphatic carbocycles. The Morgan fingerprint density at radius 1 is 1.47 bits per heavy atom. The summed E-state index contributed by atoms with van der Waals surface area (Å²) in [5.74, 6) is -0.902. The van der Waals surface area contributed by atoms with Crippen LogP contribution in [0.4, 0.5) is 0 Å². The molecule has 2 heterocycles. The van der Waals surface area contributed by atoms with E-state index in [1.807, 2.05) is 0 Å². The third-order valence-corrected chi connectivity index (χ3v) is 4.70. The topological polar surface area (TPSA) is 69.8 Å². The summed E-state index contributed by atoms with van der Waals surface area (Å²) in [4.78, 5) is 16.1. The lowest BCUT2D eigenvalue weighted by atomic mass is 9.97. The van der Waals surface area contributed by atoms with Crippen molar-refractivity contribution in [2.45, 2.75) is 57.2 Å². The molecule has 0 spiro atoms. The Morgan fingerprint density at radius 2 is 2.21 bits per heavy atom. The fourth-order valence-electron chi connectivity index (χ4n) is 3.32. The molecule has 110 valence electrons. The standard InChI is InChI=1S/C14H27N3O2/c1-11-9-17-7-3-5-12(17)10-16(11)8-4-6-14(2,15)13(18)19/h11-12H,3-10,15H2,1-2H3,(H,18,19). The van der Waals surface area contributed by atoms with Crippen LogP contribution < -0.4 is 5.73 Å². The van der Waals surface area contributed by atoms with Gasteiger partial charge in [0, 0.05) is 25.2 Å². The van der Waals surface area contributed by atoms with Crippen LogP contribution in [0.25, 0.3) is 0 Å². The van der Waals surface area contributed by atoms with Gasteiger partial charge in [0.2, 0.25) is 0 Å². The van der Waals surface area contributed by atoms with Crippen LogP contribution in [-0.2, 0) is 4.79 Å². The quantitative estimate of drug-likeness (QED) is 0.770. The van der Waals surface area contributed by atoms with Crippen molar-refractivity contribution in [2.75, 3.05) is 26.2 Å². The van der Waals surface area contributed by atoms with Gasteiger partial charge in [-0.3, -0.25) is 14.6 Å². The maximum atomic E-state index is 11.0. The van der Waals surface area contributed by atoms with E-state index in [0.29, 0.717) is 12.5 Å². The predicted octanol–water partition coefficient (Wildman–Crippen LogP) is 0.737. The second kappa shape index (κ2) is 5.77. The minimum atomic E-state index is -1.08. The van der Waals surface area contributed by atoms with Gasteiger partial charge in [-0.15, -0.1) is 0 Å². The second-order valence-corrected chi connectivity index (χ2v) is 6.46. The summed E-state index contributed by atoms with van der Waals surface area (Å²) >= 11 is 0. The third kappa shape index (κ3) is 3.46. The van der Waals surface area contributed by atoms with E-state index in [2.05, 4.69) is 16.7 Å². The number of fused-ring (bicyclic) bond motifs is 1. The van der Waals surface area contributed by atoms with Gasteiger partial charge in [-0.2, -0.15) is 0 Å². The normalized spacial score (nSPS) is 31.9. The van der Waals surface area contributed by atoms with Gasteiger partial charge < -0.3 is 10.8 Å². The highest BCUT2D eigenvalue weighted by Gasteiger charge is 2.34. The highest BCUT2D eigenvalue weighted by Crippen LogP contribution is 2.25. The zero-order chi connectivity index (χ0) is 14.0. The van der Waals surface area contributed by atoms with Crippen LogP contribution in [0.2, 0.25) is 0 Å². The lowest BCUT2D eigenvalue weighted by Gasteiger charge is -2.42. The number of hydrogen-bond donors (Lipinski definition) is 2. The van der Waals surface area contributed by atoms with Crippen molar-refractivity contribution in [1.29, 1.82) is 0 Å². The van der Waals surface area contributed by atoms with Crippen LogP contribution >= 0.6 is 0 Å². The summed E-state index contributed by atoms with van der Waals surface area (Å²) in [6, 6.07) is 1.29. The minimum Gasteiger partial charge on any atom is -0.480 e. The number of hydrogen-bond acceptors (Lipinski definition) is 4. The summed E-state index contributed by atoms with van der Waals surface area (Å²) in [5, 5.41) is 9.01. The Hall–Kier alpha value is -0.650. The first-order valence-electron chi connectivity index (χ1n) is 7.40. The third-order valence-electron chi connectivity index (χ3n) is 4.70. The Balaban J connectivity index is 1.78. The number of carbonyl (C=O) groups is 1. The van der Waals surface area contributed by atoms with Crippen molar-refractivity contribution in [3.63, 3.8) is 0 Å². The molecule has 0 saturated carbocycles. The van der Waals surface area contributed by atoms with Crippen LogP contribution in [0.5, 0.6) is 0 Å². The zero-order valence-electron chi connectivity index (χ0n) is 12.1. The first-order chi connectivity index (χ1) is 8.90. The average Bonchev–Trinajstić information content (AvgIpc) is 2.75. The predicted molar refractivity (Wildman–Crippen MR) is 75.1 cm³/mol. The van der Waals surface area contributed by atoms with Crippen LogP contribution in [0, 0.1) is 0 Å². The summed E-state index contributed by atoms with van der Waals surface area (Å²) in [6.45, 7) is 8.38. The van der Waals surface area contributed by atoms with Gasteiger partial charge in [-0.1, -0.05) is 0 Å². The van der Waals surface area contributed by atoms with Gasteiger partial charge >= 0.3 is 5.97 Å². The van der Waals surface area contributed by atoms with Crippen molar-refractivity contribution in [2.24, 2.45) is 5.73 Å². The molecule has 2 rings (SSSR count). The number of nitrogens with two attached hydrogens (primary N) is 1. The van der Waals surface area contributed by atoms with E-state index in [0.717, 1.165) is 32.1 Å². The maximum Gasteiger partial charge on any atom is 0.323 e. The van der Waals surface area contributed by atoms with Gasteiger partial charge in [-0.05, 0) is 52.6 Å². The van der Waals surface area contributed by atoms with E-state index in [9.17, 15) is 4.79 Å².